The van der Waals surface area contributed by atoms with Crippen molar-refractivity contribution in [1.82, 2.24) is 10.9 Å². The van der Waals surface area contributed by atoms with Crippen molar-refractivity contribution in [3.8, 4) is 0 Å². The molecule has 2 aromatic rings. The average Bonchev–Trinajstić information content (AvgIpc) is 3.57. The van der Waals surface area contributed by atoms with Crippen molar-refractivity contribution in [2.24, 2.45) is 5.92 Å². The second-order valence-corrected chi connectivity index (χ2v) is 6.32. The highest BCUT2D eigenvalue weighted by Crippen LogP contribution is 2.30. The van der Waals surface area contributed by atoms with Crippen molar-refractivity contribution in [1.29, 1.82) is 0 Å². The molecule has 8 heteroatoms. The van der Waals surface area contributed by atoms with E-state index in [1.807, 2.05) is 0 Å². The van der Waals surface area contributed by atoms with Gasteiger partial charge in [-0.15, -0.1) is 0 Å². The Balaban J connectivity index is 1.55. The Morgan fingerprint density at radius 3 is 2.07 bits per heavy atom. The molecule has 28 heavy (non-hydrogen) atoms. The van der Waals surface area contributed by atoms with Crippen LogP contribution in [0.5, 0.6) is 0 Å². The first kappa shape index (κ1) is 19.1. The third kappa shape index (κ3) is 4.73. The number of rotatable bonds is 5. The third-order valence-electron chi connectivity index (χ3n) is 4.20. The Kier molecular flexibility index (Phi) is 5.69. The SMILES string of the molecule is COC(=O)c1cccc(C(=O)NNC(=O)c2ccc(NC(=O)C3CC3)cc2)c1. The van der Waals surface area contributed by atoms with E-state index in [0.29, 0.717) is 11.3 Å². The number of anilines is 1. The molecule has 0 bridgehead atoms. The molecule has 3 rings (SSSR count). The van der Waals surface area contributed by atoms with Crippen LogP contribution in [0.3, 0.4) is 0 Å². The van der Waals surface area contributed by atoms with Gasteiger partial charge in [-0.3, -0.25) is 25.2 Å². The minimum Gasteiger partial charge on any atom is -0.465 e. The average molecular weight is 381 g/mol. The number of esters is 1. The summed E-state index contributed by atoms with van der Waals surface area (Å²) in [5.41, 5.74) is 5.94. The van der Waals surface area contributed by atoms with Gasteiger partial charge in [-0.2, -0.15) is 0 Å². The molecule has 0 heterocycles. The number of ether oxygens (including phenoxy) is 1. The minimum atomic E-state index is -0.576. The van der Waals surface area contributed by atoms with Crippen molar-refractivity contribution in [3.05, 3.63) is 65.2 Å². The van der Waals surface area contributed by atoms with Crippen LogP contribution < -0.4 is 16.2 Å². The van der Waals surface area contributed by atoms with E-state index in [1.54, 1.807) is 24.3 Å². The Morgan fingerprint density at radius 1 is 0.857 bits per heavy atom. The van der Waals surface area contributed by atoms with E-state index >= 15 is 0 Å². The number of nitrogens with one attached hydrogen (secondary N) is 3. The maximum Gasteiger partial charge on any atom is 0.337 e. The Bertz CT molecular complexity index is 920. The molecule has 0 radical (unpaired) electrons. The van der Waals surface area contributed by atoms with Gasteiger partial charge in [-0.05, 0) is 55.3 Å². The Morgan fingerprint density at radius 2 is 1.46 bits per heavy atom. The fraction of sp³-hybridized carbons (Fsp3) is 0.200. The van der Waals surface area contributed by atoms with Gasteiger partial charge in [0.1, 0.15) is 0 Å². The van der Waals surface area contributed by atoms with Gasteiger partial charge in [0.25, 0.3) is 11.8 Å². The van der Waals surface area contributed by atoms with Gasteiger partial charge in [-0.25, -0.2) is 4.79 Å². The lowest BCUT2D eigenvalue weighted by molar-refractivity contribution is -0.117. The molecular formula is C20H19N3O5. The molecule has 3 N–H and O–H groups in total. The van der Waals surface area contributed by atoms with Crippen LogP contribution in [0.4, 0.5) is 5.69 Å². The second kappa shape index (κ2) is 8.34. The summed E-state index contributed by atoms with van der Waals surface area (Å²) in [6, 6.07) is 12.3. The number of hydrazine groups is 1. The Labute approximate surface area is 161 Å². The fourth-order valence-electron chi connectivity index (χ4n) is 2.46. The van der Waals surface area contributed by atoms with Crippen molar-refractivity contribution in [3.63, 3.8) is 0 Å². The minimum absolute atomic E-state index is 0.0151. The molecule has 0 unspecified atom stereocenters. The van der Waals surface area contributed by atoms with E-state index in [1.165, 1.54) is 31.4 Å². The first-order valence-corrected chi connectivity index (χ1v) is 8.68. The van der Waals surface area contributed by atoms with Crippen LogP contribution in [-0.4, -0.2) is 30.8 Å². The number of benzene rings is 2. The van der Waals surface area contributed by atoms with Gasteiger partial charge in [0.15, 0.2) is 0 Å². The first-order chi connectivity index (χ1) is 13.5. The molecule has 0 aliphatic heterocycles. The molecule has 144 valence electrons. The molecule has 1 aliphatic carbocycles. The van der Waals surface area contributed by atoms with Crippen molar-refractivity contribution < 1.29 is 23.9 Å². The summed E-state index contributed by atoms with van der Waals surface area (Å²) in [4.78, 5) is 47.6. The number of carbonyl (C=O) groups is 4. The second-order valence-electron chi connectivity index (χ2n) is 6.32. The van der Waals surface area contributed by atoms with Gasteiger partial charge >= 0.3 is 5.97 Å². The number of hydrogen-bond donors (Lipinski definition) is 3. The zero-order chi connectivity index (χ0) is 20.1. The summed E-state index contributed by atoms with van der Waals surface area (Å²) in [6.07, 6.45) is 1.82. The van der Waals surface area contributed by atoms with Crippen molar-refractivity contribution in [2.75, 3.05) is 12.4 Å². The molecule has 3 amide bonds. The van der Waals surface area contributed by atoms with Gasteiger partial charge in [0, 0.05) is 22.7 Å². The molecule has 0 atom stereocenters. The zero-order valence-electron chi connectivity index (χ0n) is 15.2. The summed E-state index contributed by atoms with van der Waals surface area (Å²) in [5, 5.41) is 2.78. The molecular weight excluding hydrogens is 362 g/mol. The van der Waals surface area contributed by atoms with Crippen LogP contribution in [0, 0.1) is 5.92 Å². The van der Waals surface area contributed by atoms with E-state index in [9.17, 15) is 19.2 Å². The largest absolute Gasteiger partial charge is 0.465 e. The highest BCUT2D eigenvalue weighted by Gasteiger charge is 2.29. The number of amides is 3. The van der Waals surface area contributed by atoms with E-state index in [2.05, 4.69) is 20.9 Å². The van der Waals surface area contributed by atoms with E-state index in [4.69, 9.17) is 0 Å². The first-order valence-electron chi connectivity index (χ1n) is 8.68. The highest BCUT2D eigenvalue weighted by atomic mass is 16.5. The monoisotopic (exact) mass is 381 g/mol. The normalized spacial score (nSPS) is 12.6. The molecule has 8 nitrogen and oxygen atoms in total. The zero-order valence-corrected chi connectivity index (χ0v) is 15.2. The molecule has 0 spiro atoms. The lowest BCUT2D eigenvalue weighted by atomic mass is 10.1. The smallest absolute Gasteiger partial charge is 0.337 e. The topological polar surface area (TPSA) is 114 Å². The van der Waals surface area contributed by atoms with Crippen LogP contribution in [-0.2, 0) is 9.53 Å². The van der Waals surface area contributed by atoms with Crippen LogP contribution in [0.25, 0.3) is 0 Å². The predicted octanol–water partition coefficient (Wildman–Crippen LogP) is 1.90. The summed E-state index contributed by atoms with van der Waals surface area (Å²) < 4.78 is 4.61. The van der Waals surface area contributed by atoms with Gasteiger partial charge < -0.3 is 10.1 Å². The summed E-state index contributed by atoms with van der Waals surface area (Å²) in [7, 11) is 1.25. The molecule has 1 fully saturated rings. The van der Waals surface area contributed by atoms with Crippen LogP contribution >= 0.6 is 0 Å². The van der Waals surface area contributed by atoms with Crippen LogP contribution in [0.1, 0.15) is 43.9 Å². The Hall–Kier alpha value is -3.68. The van der Waals surface area contributed by atoms with E-state index < -0.39 is 17.8 Å². The third-order valence-corrected chi connectivity index (χ3v) is 4.20. The molecule has 0 aromatic heterocycles. The van der Waals surface area contributed by atoms with Gasteiger partial charge in [0.2, 0.25) is 5.91 Å². The standard InChI is InChI=1S/C20H19N3O5/c1-28-20(27)15-4-2-3-14(11-15)19(26)23-22-18(25)13-7-9-16(10-8-13)21-17(24)12-5-6-12/h2-4,7-12H,5-6H2,1H3,(H,21,24)(H,22,25)(H,23,26). The number of methoxy groups -OCH3 is 1. The summed E-state index contributed by atoms with van der Waals surface area (Å²) in [5.74, 6) is -1.58. The maximum absolute atomic E-state index is 12.2. The van der Waals surface area contributed by atoms with Crippen LogP contribution in [0.15, 0.2) is 48.5 Å². The number of carbonyl (C=O) groups excluding carboxylic acids is 4. The lowest BCUT2D eigenvalue weighted by Crippen LogP contribution is -2.41. The van der Waals surface area contributed by atoms with Gasteiger partial charge in [-0.1, -0.05) is 6.07 Å². The van der Waals surface area contributed by atoms with Crippen molar-refractivity contribution >= 4 is 29.4 Å². The molecule has 1 aliphatic rings. The fourth-order valence-corrected chi connectivity index (χ4v) is 2.46. The molecule has 1 saturated carbocycles. The van der Waals surface area contributed by atoms with Crippen molar-refractivity contribution in [2.45, 2.75) is 12.8 Å². The summed E-state index contributed by atoms with van der Waals surface area (Å²) in [6.45, 7) is 0. The van der Waals surface area contributed by atoms with E-state index in [0.717, 1.165) is 12.8 Å². The predicted molar refractivity (Wildman–Crippen MR) is 101 cm³/mol. The van der Waals surface area contributed by atoms with Gasteiger partial charge in [0.05, 0.1) is 12.7 Å². The highest BCUT2D eigenvalue weighted by molar-refractivity contribution is 6.01. The van der Waals surface area contributed by atoms with E-state index in [-0.39, 0.29) is 23.0 Å². The quantitative estimate of drug-likeness (QED) is 0.541. The maximum atomic E-state index is 12.2. The number of hydrogen-bond acceptors (Lipinski definition) is 5. The van der Waals surface area contributed by atoms with Crippen LogP contribution in [0.2, 0.25) is 0 Å². The summed E-state index contributed by atoms with van der Waals surface area (Å²) >= 11 is 0. The lowest BCUT2D eigenvalue weighted by Gasteiger charge is -2.09. The molecule has 2 aromatic carbocycles. The molecule has 0 saturated heterocycles.